The molecule has 1 aliphatic rings. The van der Waals surface area contributed by atoms with Crippen LogP contribution >= 0.6 is 11.6 Å². The number of benzene rings is 2. The van der Waals surface area contributed by atoms with Gasteiger partial charge >= 0.3 is 6.03 Å². The maximum Gasteiger partial charge on any atom is 0.319 e. The summed E-state index contributed by atoms with van der Waals surface area (Å²) >= 11 is 5.72. The van der Waals surface area contributed by atoms with E-state index in [-0.39, 0.29) is 5.02 Å². The van der Waals surface area contributed by atoms with Crippen molar-refractivity contribution in [2.24, 2.45) is 0 Å². The first-order chi connectivity index (χ1) is 11.8. The number of ether oxygens (including phenoxy) is 2. The van der Waals surface area contributed by atoms with Crippen LogP contribution in [0.15, 0.2) is 36.4 Å². The molecule has 7 heteroatoms. The lowest BCUT2D eigenvalue weighted by atomic mass is 9.94. The molecule has 1 aliphatic heterocycles. The SMILES string of the molecule is CC(C)(NC(=O)Nc1ccc(F)c(Cl)c1)c1ccc2c(c1)OCCO2. The molecule has 2 aromatic rings. The molecule has 3 rings (SSSR count). The van der Waals surface area contributed by atoms with Gasteiger partial charge in [-0.2, -0.15) is 0 Å². The van der Waals surface area contributed by atoms with Crippen LogP contribution in [0.25, 0.3) is 0 Å². The molecule has 0 radical (unpaired) electrons. The molecule has 0 fully saturated rings. The van der Waals surface area contributed by atoms with Crippen LogP contribution in [0.3, 0.4) is 0 Å². The first-order valence-corrected chi connectivity index (χ1v) is 8.17. The fourth-order valence-corrected chi connectivity index (χ4v) is 2.70. The highest BCUT2D eigenvalue weighted by Gasteiger charge is 2.25. The van der Waals surface area contributed by atoms with E-state index in [2.05, 4.69) is 10.6 Å². The van der Waals surface area contributed by atoms with E-state index < -0.39 is 17.4 Å². The number of amides is 2. The Balaban J connectivity index is 1.71. The van der Waals surface area contributed by atoms with Gasteiger partial charge in [0.15, 0.2) is 11.5 Å². The highest BCUT2D eigenvalue weighted by Crippen LogP contribution is 2.34. The smallest absolute Gasteiger partial charge is 0.319 e. The van der Waals surface area contributed by atoms with Gasteiger partial charge in [-0.15, -0.1) is 0 Å². The highest BCUT2D eigenvalue weighted by atomic mass is 35.5. The molecule has 2 aromatic carbocycles. The van der Waals surface area contributed by atoms with Gasteiger partial charge in [-0.05, 0) is 49.7 Å². The van der Waals surface area contributed by atoms with Gasteiger partial charge in [0, 0.05) is 5.69 Å². The maximum absolute atomic E-state index is 13.2. The molecule has 0 saturated heterocycles. The molecule has 2 N–H and O–H groups in total. The number of fused-ring (bicyclic) bond motifs is 1. The molecule has 0 bridgehead atoms. The van der Waals surface area contributed by atoms with Crippen LogP contribution in [0, 0.1) is 5.82 Å². The molecule has 132 valence electrons. The van der Waals surface area contributed by atoms with Crippen molar-refractivity contribution in [3.05, 3.63) is 52.8 Å². The fourth-order valence-electron chi connectivity index (χ4n) is 2.52. The van der Waals surface area contributed by atoms with Gasteiger partial charge < -0.3 is 20.1 Å². The summed E-state index contributed by atoms with van der Waals surface area (Å²) < 4.78 is 24.3. The Bertz CT molecular complexity index is 811. The van der Waals surface area contributed by atoms with E-state index >= 15 is 0 Å². The Morgan fingerprint density at radius 2 is 1.84 bits per heavy atom. The number of halogens is 2. The molecule has 0 aliphatic carbocycles. The van der Waals surface area contributed by atoms with Crippen LogP contribution in [0.4, 0.5) is 14.9 Å². The van der Waals surface area contributed by atoms with Crippen molar-refractivity contribution < 1.29 is 18.7 Å². The van der Waals surface area contributed by atoms with Crippen molar-refractivity contribution in [3.8, 4) is 11.5 Å². The van der Waals surface area contributed by atoms with Crippen LogP contribution in [-0.4, -0.2) is 19.2 Å². The average molecular weight is 365 g/mol. The van der Waals surface area contributed by atoms with Crippen LogP contribution < -0.4 is 20.1 Å². The van der Waals surface area contributed by atoms with Gasteiger partial charge in [0.05, 0.1) is 10.6 Å². The second-order valence-corrected chi connectivity index (χ2v) is 6.60. The minimum absolute atomic E-state index is 0.0519. The van der Waals surface area contributed by atoms with Crippen LogP contribution in [-0.2, 0) is 5.54 Å². The monoisotopic (exact) mass is 364 g/mol. The summed E-state index contributed by atoms with van der Waals surface area (Å²) in [7, 11) is 0. The minimum Gasteiger partial charge on any atom is -0.486 e. The van der Waals surface area contributed by atoms with E-state index in [0.29, 0.717) is 30.4 Å². The van der Waals surface area contributed by atoms with Gasteiger partial charge in [0.2, 0.25) is 0 Å². The Hall–Kier alpha value is -2.47. The number of anilines is 1. The molecule has 1 heterocycles. The Morgan fingerprint density at radius 3 is 2.56 bits per heavy atom. The predicted molar refractivity (Wildman–Crippen MR) is 94.0 cm³/mol. The van der Waals surface area contributed by atoms with Crippen molar-refractivity contribution in [2.45, 2.75) is 19.4 Å². The minimum atomic E-state index is -0.663. The van der Waals surface area contributed by atoms with E-state index in [1.54, 1.807) is 0 Å². The van der Waals surface area contributed by atoms with Crippen molar-refractivity contribution in [3.63, 3.8) is 0 Å². The summed E-state index contributed by atoms with van der Waals surface area (Å²) in [6.45, 7) is 4.76. The lowest BCUT2D eigenvalue weighted by Gasteiger charge is -2.28. The van der Waals surface area contributed by atoms with Gasteiger partial charge in [0.25, 0.3) is 0 Å². The van der Waals surface area contributed by atoms with E-state index in [1.165, 1.54) is 18.2 Å². The van der Waals surface area contributed by atoms with E-state index in [9.17, 15) is 9.18 Å². The first-order valence-electron chi connectivity index (χ1n) is 7.79. The molecular weight excluding hydrogens is 347 g/mol. The standard InChI is InChI=1S/C18H18ClFN2O3/c1-18(2,11-3-6-15-16(9-11)25-8-7-24-15)22-17(23)21-12-4-5-14(20)13(19)10-12/h3-6,9-10H,7-8H2,1-2H3,(H2,21,22,23). The summed E-state index contributed by atoms with van der Waals surface area (Å²) in [6.07, 6.45) is 0. The molecule has 0 unspecified atom stereocenters. The zero-order valence-corrected chi connectivity index (χ0v) is 14.6. The molecule has 0 aromatic heterocycles. The summed E-state index contributed by atoms with van der Waals surface area (Å²) in [5.41, 5.74) is 0.606. The molecule has 2 amide bonds. The maximum atomic E-state index is 13.2. The van der Waals surface area contributed by atoms with Gasteiger partial charge in [0.1, 0.15) is 19.0 Å². The number of hydrogen-bond donors (Lipinski definition) is 2. The number of carbonyl (C=O) groups is 1. The predicted octanol–water partition coefficient (Wildman–Crippen LogP) is 4.31. The number of carbonyl (C=O) groups excluding carboxylic acids is 1. The number of rotatable bonds is 3. The Kier molecular flexibility index (Phi) is 4.72. The van der Waals surface area contributed by atoms with Gasteiger partial charge in [-0.25, -0.2) is 9.18 Å². The third kappa shape index (κ3) is 3.96. The Labute approximate surface area is 150 Å². The number of urea groups is 1. The molecule has 0 atom stereocenters. The average Bonchev–Trinajstić information content (AvgIpc) is 2.57. The lowest BCUT2D eigenvalue weighted by Crippen LogP contribution is -2.43. The molecule has 0 spiro atoms. The van der Waals surface area contributed by atoms with Gasteiger partial charge in [-0.3, -0.25) is 0 Å². The van der Waals surface area contributed by atoms with E-state index in [0.717, 1.165) is 5.56 Å². The molecule has 5 nitrogen and oxygen atoms in total. The third-order valence-corrected chi connectivity index (χ3v) is 4.16. The third-order valence-electron chi connectivity index (χ3n) is 3.87. The van der Waals surface area contributed by atoms with Crippen molar-refractivity contribution in [1.29, 1.82) is 0 Å². The summed E-state index contributed by atoms with van der Waals surface area (Å²) in [4.78, 5) is 12.3. The largest absolute Gasteiger partial charge is 0.486 e. The van der Waals surface area contributed by atoms with Crippen LogP contribution in [0.2, 0.25) is 5.02 Å². The molecular formula is C18H18ClFN2O3. The van der Waals surface area contributed by atoms with Crippen LogP contribution in [0.1, 0.15) is 19.4 Å². The van der Waals surface area contributed by atoms with Crippen molar-refractivity contribution in [2.75, 3.05) is 18.5 Å². The second kappa shape index (κ2) is 6.80. The van der Waals surface area contributed by atoms with Crippen molar-refractivity contribution >= 4 is 23.3 Å². The lowest BCUT2D eigenvalue weighted by molar-refractivity contribution is 0.171. The first kappa shape index (κ1) is 17.4. The zero-order valence-electron chi connectivity index (χ0n) is 13.9. The van der Waals surface area contributed by atoms with E-state index in [1.807, 2.05) is 32.0 Å². The number of hydrogen-bond acceptors (Lipinski definition) is 3. The summed E-state index contributed by atoms with van der Waals surface area (Å²) in [5, 5.41) is 5.47. The normalized spacial score (nSPS) is 13.3. The number of nitrogens with one attached hydrogen (secondary N) is 2. The second-order valence-electron chi connectivity index (χ2n) is 6.19. The summed E-state index contributed by atoms with van der Waals surface area (Å²) in [6, 6.07) is 9.12. The molecule has 0 saturated carbocycles. The zero-order chi connectivity index (χ0) is 18.0. The Morgan fingerprint density at radius 1 is 1.12 bits per heavy atom. The topological polar surface area (TPSA) is 59.6 Å². The van der Waals surface area contributed by atoms with Gasteiger partial charge in [-0.1, -0.05) is 17.7 Å². The van der Waals surface area contributed by atoms with E-state index in [4.69, 9.17) is 21.1 Å². The molecule has 25 heavy (non-hydrogen) atoms. The summed E-state index contributed by atoms with van der Waals surface area (Å²) in [5.74, 6) is 0.810. The highest BCUT2D eigenvalue weighted by molar-refractivity contribution is 6.31. The van der Waals surface area contributed by atoms with Crippen LogP contribution in [0.5, 0.6) is 11.5 Å². The quantitative estimate of drug-likeness (QED) is 0.853. The fraction of sp³-hybridized carbons (Fsp3) is 0.278. The van der Waals surface area contributed by atoms with Crippen molar-refractivity contribution in [1.82, 2.24) is 5.32 Å².